The van der Waals surface area contributed by atoms with Gasteiger partial charge in [-0.1, -0.05) is 0 Å². The first kappa shape index (κ1) is 15.2. The van der Waals surface area contributed by atoms with E-state index in [4.69, 9.17) is 10.4 Å². The number of carboxylic acids is 1. The first-order valence-electron chi connectivity index (χ1n) is 5.50. The van der Waals surface area contributed by atoms with Crippen LogP contribution >= 0.6 is 0 Å². The van der Waals surface area contributed by atoms with Crippen LogP contribution in [-0.4, -0.2) is 41.1 Å². The molecule has 0 radical (unpaired) electrons. The van der Waals surface area contributed by atoms with Gasteiger partial charge in [0, 0.05) is 25.6 Å². The molecule has 0 aliphatic carbocycles. The molecule has 0 rings (SSSR count). The van der Waals surface area contributed by atoms with Gasteiger partial charge >= 0.3 is 12.0 Å². The lowest BCUT2D eigenvalue weighted by atomic mass is 10.2. The third kappa shape index (κ3) is 6.40. The standard InChI is InChI=1S/C11H19N3O3/c1-8(4-5-10(15)16)13-11(17)14(3)9(2)6-7-12/h8-9H,4-6H2,1-3H3,(H,13,17)(H,15,16). The highest BCUT2D eigenvalue weighted by Crippen LogP contribution is 2.02. The van der Waals surface area contributed by atoms with Gasteiger partial charge in [0.05, 0.1) is 12.5 Å². The molecular formula is C11H19N3O3. The van der Waals surface area contributed by atoms with Crippen molar-refractivity contribution in [3.63, 3.8) is 0 Å². The lowest BCUT2D eigenvalue weighted by Gasteiger charge is -2.25. The van der Waals surface area contributed by atoms with E-state index in [1.807, 2.05) is 6.07 Å². The average Bonchev–Trinajstić information content (AvgIpc) is 2.25. The van der Waals surface area contributed by atoms with Crippen LogP contribution < -0.4 is 5.32 Å². The predicted octanol–water partition coefficient (Wildman–Crippen LogP) is 1.18. The van der Waals surface area contributed by atoms with E-state index in [1.54, 1.807) is 20.9 Å². The number of carbonyl (C=O) groups excluding carboxylic acids is 1. The predicted molar refractivity (Wildman–Crippen MR) is 62.3 cm³/mol. The van der Waals surface area contributed by atoms with Gasteiger partial charge in [-0.15, -0.1) is 0 Å². The summed E-state index contributed by atoms with van der Waals surface area (Å²) in [5.74, 6) is -0.877. The summed E-state index contributed by atoms with van der Waals surface area (Å²) in [4.78, 5) is 23.5. The lowest BCUT2D eigenvalue weighted by molar-refractivity contribution is -0.137. The molecule has 96 valence electrons. The SMILES string of the molecule is CC(CCC(=O)O)NC(=O)N(C)C(C)CC#N. The molecule has 0 fully saturated rings. The maximum atomic E-state index is 11.7. The first-order valence-corrected chi connectivity index (χ1v) is 5.50. The van der Waals surface area contributed by atoms with Crippen LogP contribution in [0.25, 0.3) is 0 Å². The van der Waals surface area contributed by atoms with E-state index in [2.05, 4.69) is 5.32 Å². The Morgan fingerprint density at radius 3 is 2.53 bits per heavy atom. The van der Waals surface area contributed by atoms with Crippen LogP contribution in [-0.2, 0) is 4.79 Å². The Kier molecular flexibility index (Phi) is 6.71. The highest BCUT2D eigenvalue weighted by molar-refractivity contribution is 5.74. The monoisotopic (exact) mass is 241 g/mol. The zero-order chi connectivity index (χ0) is 13.4. The minimum Gasteiger partial charge on any atom is -0.481 e. The second kappa shape index (κ2) is 7.49. The highest BCUT2D eigenvalue weighted by atomic mass is 16.4. The van der Waals surface area contributed by atoms with E-state index in [1.165, 1.54) is 4.90 Å². The molecule has 6 heteroatoms. The number of carboxylic acid groups (broad SMARTS) is 1. The number of hydrogen-bond donors (Lipinski definition) is 2. The summed E-state index contributed by atoms with van der Waals surface area (Å²) in [5.41, 5.74) is 0. The molecule has 0 aromatic rings. The van der Waals surface area contributed by atoms with Crippen molar-refractivity contribution in [2.24, 2.45) is 0 Å². The minimum atomic E-state index is -0.877. The van der Waals surface area contributed by atoms with Gasteiger partial charge in [0.2, 0.25) is 0 Å². The van der Waals surface area contributed by atoms with Crippen LogP contribution in [0.5, 0.6) is 0 Å². The van der Waals surface area contributed by atoms with Gasteiger partial charge in [-0.2, -0.15) is 5.26 Å². The molecule has 0 saturated carbocycles. The van der Waals surface area contributed by atoms with Gasteiger partial charge in [-0.25, -0.2) is 4.79 Å². The summed E-state index contributed by atoms with van der Waals surface area (Å²) in [6.45, 7) is 3.54. The number of nitrogens with zero attached hydrogens (tertiary/aromatic N) is 2. The maximum absolute atomic E-state index is 11.7. The fraction of sp³-hybridized carbons (Fsp3) is 0.727. The van der Waals surface area contributed by atoms with E-state index in [9.17, 15) is 9.59 Å². The first-order chi connectivity index (χ1) is 7.88. The second-order valence-corrected chi connectivity index (χ2v) is 4.11. The molecular weight excluding hydrogens is 222 g/mol. The van der Waals surface area contributed by atoms with E-state index in [0.717, 1.165) is 0 Å². The summed E-state index contributed by atoms with van der Waals surface area (Å²) in [6, 6.07) is 1.35. The van der Waals surface area contributed by atoms with Crippen molar-refractivity contribution in [3.05, 3.63) is 0 Å². The van der Waals surface area contributed by atoms with Crippen LogP contribution in [0, 0.1) is 11.3 Å². The Morgan fingerprint density at radius 2 is 2.06 bits per heavy atom. The summed E-state index contributed by atoms with van der Waals surface area (Å²) < 4.78 is 0. The zero-order valence-corrected chi connectivity index (χ0v) is 10.4. The molecule has 0 saturated heterocycles. The Balaban J connectivity index is 4.07. The second-order valence-electron chi connectivity index (χ2n) is 4.11. The number of aliphatic carboxylic acids is 1. The average molecular weight is 241 g/mol. The third-order valence-electron chi connectivity index (χ3n) is 2.53. The normalized spacial score (nSPS) is 13.3. The van der Waals surface area contributed by atoms with E-state index < -0.39 is 5.97 Å². The van der Waals surface area contributed by atoms with Crippen LogP contribution in [0.2, 0.25) is 0 Å². The molecule has 0 aromatic carbocycles. The number of urea groups is 1. The Morgan fingerprint density at radius 1 is 1.47 bits per heavy atom. The van der Waals surface area contributed by atoms with Gasteiger partial charge in [0.25, 0.3) is 0 Å². The fourth-order valence-corrected chi connectivity index (χ4v) is 1.19. The highest BCUT2D eigenvalue weighted by Gasteiger charge is 2.17. The van der Waals surface area contributed by atoms with Gasteiger partial charge < -0.3 is 15.3 Å². The summed E-state index contributed by atoms with van der Waals surface area (Å²) in [6.07, 6.45) is 0.688. The van der Waals surface area contributed by atoms with Crippen molar-refractivity contribution >= 4 is 12.0 Å². The minimum absolute atomic E-state index is 0.0267. The number of carbonyl (C=O) groups is 2. The summed E-state index contributed by atoms with van der Waals surface area (Å²) in [5, 5.41) is 19.7. The molecule has 2 atom stereocenters. The van der Waals surface area contributed by atoms with Crippen molar-refractivity contribution in [1.29, 1.82) is 5.26 Å². The number of amides is 2. The van der Waals surface area contributed by atoms with Crippen molar-refractivity contribution < 1.29 is 14.7 Å². The van der Waals surface area contributed by atoms with Gasteiger partial charge in [0.15, 0.2) is 0 Å². The van der Waals surface area contributed by atoms with Gasteiger partial charge in [-0.05, 0) is 20.3 Å². The molecule has 2 unspecified atom stereocenters. The van der Waals surface area contributed by atoms with Crippen molar-refractivity contribution in [2.75, 3.05) is 7.05 Å². The Hall–Kier alpha value is -1.77. The molecule has 0 aliphatic heterocycles. The number of rotatable bonds is 6. The molecule has 17 heavy (non-hydrogen) atoms. The Labute approximate surface area is 101 Å². The number of nitriles is 1. The largest absolute Gasteiger partial charge is 0.481 e. The molecule has 2 N–H and O–H groups in total. The quantitative estimate of drug-likeness (QED) is 0.730. The third-order valence-corrected chi connectivity index (χ3v) is 2.53. The van der Waals surface area contributed by atoms with E-state index in [-0.39, 0.29) is 31.0 Å². The van der Waals surface area contributed by atoms with Crippen molar-refractivity contribution in [3.8, 4) is 6.07 Å². The van der Waals surface area contributed by atoms with Crippen LogP contribution in [0.3, 0.4) is 0 Å². The number of nitrogens with one attached hydrogen (secondary N) is 1. The topological polar surface area (TPSA) is 93.4 Å². The van der Waals surface area contributed by atoms with Crippen LogP contribution in [0.1, 0.15) is 33.1 Å². The van der Waals surface area contributed by atoms with Crippen LogP contribution in [0.4, 0.5) is 4.79 Å². The Bertz CT molecular complexity index is 312. The molecule has 0 aromatic heterocycles. The molecule has 0 spiro atoms. The van der Waals surface area contributed by atoms with Crippen LogP contribution in [0.15, 0.2) is 0 Å². The molecule has 0 bridgehead atoms. The summed E-state index contributed by atoms with van der Waals surface area (Å²) in [7, 11) is 1.61. The molecule has 0 aliphatic rings. The van der Waals surface area contributed by atoms with Gasteiger partial charge in [0.1, 0.15) is 0 Å². The zero-order valence-electron chi connectivity index (χ0n) is 10.4. The maximum Gasteiger partial charge on any atom is 0.317 e. The van der Waals surface area contributed by atoms with Crippen molar-refractivity contribution in [1.82, 2.24) is 10.2 Å². The van der Waals surface area contributed by atoms with E-state index >= 15 is 0 Å². The fourth-order valence-electron chi connectivity index (χ4n) is 1.19. The lowest BCUT2D eigenvalue weighted by Crippen LogP contribution is -2.45. The smallest absolute Gasteiger partial charge is 0.317 e. The molecule has 2 amide bonds. The molecule has 6 nitrogen and oxygen atoms in total. The van der Waals surface area contributed by atoms with Crippen molar-refractivity contribution in [2.45, 2.75) is 45.2 Å². The number of hydrogen-bond acceptors (Lipinski definition) is 3. The van der Waals surface area contributed by atoms with Gasteiger partial charge in [-0.3, -0.25) is 4.79 Å². The summed E-state index contributed by atoms with van der Waals surface area (Å²) >= 11 is 0. The molecule has 0 heterocycles. The van der Waals surface area contributed by atoms with E-state index in [0.29, 0.717) is 6.42 Å².